The number of phenolic OH excluding ortho intramolecular Hbond substituents is 2. The van der Waals surface area contributed by atoms with Gasteiger partial charge < -0.3 is 15.1 Å². The van der Waals surface area contributed by atoms with E-state index in [1.54, 1.807) is 6.07 Å². The van der Waals surface area contributed by atoms with E-state index in [2.05, 4.69) is 0 Å². The molecule has 0 unspecified atom stereocenters. The summed E-state index contributed by atoms with van der Waals surface area (Å²) in [6.07, 6.45) is 2.11. The Kier molecular flexibility index (Phi) is 5.49. The molecule has 1 amide bonds. The van der Waals surface area contributed by atoms with Crippen LogP contribution in [0.25, 0.3) is 0 Å². The summed E-state index contributed by atoms with van der Waals surface area (Å²) >= 11 is 0. The molecule has 0 atom stereocenters. The van der Waals surface area contributed by atoms with Gasteiger partial charge in [-0.25, -0.2) is 0 Å². The molecule has 0 aliphatic rings. The maximum atomic E-state index is 11.8. The second-order valence-electron chi connectivity index (χ2n) is 4.30. The predicted octanol–water partition coefficient (Wildman–Crippen LogP) is 2.29. The van der Waals surface area contributed by atoms with E-state index in [0.29, 0.717) is 25.9 Å². The van der Waals surface area contributed by atoms with E-state index < -0.39 is 0 Å². The standard InChI is InChI=1S/C14H21NO3/c1-3-5-14(18)15(4-2)9-8-11-6-7-12(16)13(17)10-11/h6-7,10,16-17H,3-5,8-9H2,1-2H3. The Balaban J connectivity index is 2.56. The minimum absolute atomic E-state index is 0.115. The Morgan fingerprint density at radius 3 is 2.50 bits per heavy atom. The number of rotatable bonds is 6. The summed E-state index contributed by atoms with van der Waals surface area (Å²) in [6.45, 7) is 5.29. The first-order valence-corrected chi connectivity index (χ1v) is 6.37. The zero-order valence-electron chi connectivity index (χ0n) is 11.0. The van der Waals surface area contributed by atoms with Gasteiger partial charge in [0.2, 0.25) is 5.91 Å². The average Bonchev–Trinajstić information content (AvgIpc) is 2.34. The van der Waals surface area contributed by atoms with Crippen molar-refractivity contribution in [2.75, 3.05) is 13.1 Å². The van der Waals surface area contributed by atoms with Gasteiger partial charge in [0.05, 0.1) is 0 Å². The van der Waals surface area contributed by atoms with Crippen molar-refractivity contribution in [2.45, 2.75) is 33.1 Å². The second kappa shape index (κ2) is 6.89. The third kappa shape index (κ3) is 3.95. The van der Waals surface area contributed by atoms with Crippen LogP contribution < -0.4 is 0 Å². The first-order valence-electron chi connectivity index (χ1n) is 6.37. The van der Waals surface area contributed by atoms with E-state index in [-0.39, 0.29) is 17.4 Å². The minimum atomic E-state index is -0.117. The molecule has 0 heterocycles. The lowest BCUT2D eigenvalue weighted by molar-refractivity contribution is -0.131. The summed E-state index contributed by atoms with van der Waals surface area (Å²) in [5, 5.41) is 18.6. The van der Waals surface area contributed by atoms with Crippen molar-refractivity contribution in [2.24, 2.45) is 0 Å². The topological polar surface area (TPSA) is 60.8 Å². The number of phenols is 2. The smallest absolute Gasteiger partial charge is 0.222 e. The number of likely N-dealkylation sites (N-methyl/N-ethyl adjacent to an activating group) is 1. The van der Waals surface area contributed by atoms with Crippen LogP contribution in [-0.4, -0.2) is 34.1 Å². The summed E-state index contributed by atoms with van der Waals surface area (Å²) in [4.78, 5) is 13.6. The highest BCUT2D eigenvalue weighted by Crippen LogP contribution is 2.25. The fraction of sp³-hybridized carbons (Fsp3) is 0.500. The molecule has 0 aliphatic heterocycles. The molecule has 100 valence electrons. The van der Waals surface area contributed by atoms with Gasteiger partial charge in [0.15, 0.2) is 11.5 Å². The normalized spacial score (nSPS) is 10.3. The highest BCUT2D eigenvalue weighted by atomic mass is 16.3. The zero-order valence-corrected chi connectivity index (χ0v) is 11.0. The van der Waals surface area contributed by atoms with Crippen molar-refractivity contribution >= 4 is 5.91 Å². The summed E-state index contributed by atoms with van der Waals surface area (Å²) in [7, 11) is 0. The fourth-order valence-electron chi connectivity index (χ4n) is 1.82. The molecule has 1 aromatic carbocycles. The van der Waals surface area contributed by atoms with E-state index in [4.69, 9.17) is 0 Å². The molecule has 0 spiro atoms. The van der Waals surface area contributed by atoms with Crippen LogP contribution in [0.1, 0.15) is 32.3 Å². The molecule has 18 heavy (non-hydrogen) atoms. The van der Waals surface area contributed by atoms with Crippen LogP contribution >= 0.6 is 0 Å². The van der Waals surface area contributed by atoms with Crippen molar-refractivity contribution in [3.63, 3.8) is 0 Å². The molecule has 0 saturated heterocycles. The lowest BCUT2D eigenvalue weighted by Crippen LogP contribution is -2.32. The van der Waals surface area contributed by atoms with Gasteiger partial charge in [0.1, 0.15) is 0 Å². The minimum Gasteiger partial charge on any atom is -0.504 e. The molecule has 1 aromatic rings. The van der Waals surface area contributed by atoms with Crippen LogP contribution in [0.15, 0.2) is 18.2 Å². The van der Waals surface area contributed by atoms with Gasteiger partial charge in [-0.3, -0.25) is 4.79 Å². The SMILES string of the molecule is CCCC(=O)N(CC)CCc1ccc(O)c(O)c1. The lowest BCUT2D eigenvalue weighted by Gasteiger charge is -2.20. The number of nitrogens with zero attached hydrogens (tertiary/aromatic N) is 1. The lowest BCUT2D eigenvalue weighted by atomic mass is 10.1. The van der Waals surface area contributed by atoms with Crippen molar-refractivity contribution in [1.82, 2.24) is 4.90 Å². The predicted molar refractivity (Wildman–Crippen MR) is 70.6 cm³/mol. The van der Waals surface area contributed by atoms with E-state index in [9.17, 15) is 15.0 Å². The number of carbonyl (C=O) groups is 1. The Morgan fingerprint density at radius 2 is 1.94 bits per heavy atom. The molecule has 2 N–H and O–H groups in total. The van der Waals surface area contributed by atoms with Gasteiger partial charge in [-0.05, 0) is 37.5 Å². The first kappa shape index (κ1) is 14.4. The molecule has 0 bridgehead atoms. The Morgan fingerprint density at radius 1 is 1.22 bits per heavy atom. The average molecular weight is 251 g/mol. The van der Waals surface area contributed by atoms with Crippen LogP contribution in [0.2, 0.25) is 0 Å². The van der Waals surface area contributed by atoms with Gasteiger partial charge in [0, 0.05) is 19.5 Å². The van der Waals surface area contributed by atoms with Crippen molar-refractivity contribution in [3.8, 4) is 11.5 Å². The van der Waals surface area contributed by atoms with Gasteiger partial charge >= 0.3 is 0 Å². The van der Waals surface area contributed by atoms with Crippen LogP contribution in [-0.2, 0) is 11.2 Å². The highest BCUT2D eigenvalue weighted by molar-refractivity contribution is 5.76. The Hall–Kier alpha value is -1.71. The largest absolute Gasteiger partial charge is 0.504 e. The number of aromatic hydroxyl groups is 2. The van der Waals surface area contributed by atoms with E-state index >= 15 is 0 Å². The summed E-state index contributed by atoms with van der Waals surface area (Å²) in [5.41, 5.74) is 0.910. The maximum Gasteiger partial charge on any atom is 0.222 e. The second-order valence-corrected chi connectivity index (χ2v) is 4.30. The van der Waals surface area contributed by atoms with Crippen molar-refractivity contribution in [1.29, 1.82) is 0 Å². The molecule has 1 rings (SSSR count). The fourth-order valence-corrected chi connectivity index (χ4v) is 1.82. The van der Waals surface area contributed by atoms with Gasteiger partial charge in [-0.1, -0.05) is 13.0 Å². The summed E-state index contributed by atoms with van der Waals surface area (Å²) < 4.78 is 0. The first-order chi connectivity index (χ1) is 8.58. The number of amides is 1. The highest BCUT2D eigenvalue weighted by Gasteiger charge is 2.10. The van der Waals surface area contributed by atoms with Crippen LogP contribution in [0.3, 0.4) is 0 Å². The third-order valence-electron chi connectivity index (χ3n) is 2.91. The van der Waals surface area contributed by atoms with Crippen molar-refractivity contribution < 1.29 is 15.0 Å². The third-order valence-corrected chi connectivity index (χ3v) is 2.91. The van der Waals surface area contributed by atoms with Crippen LogP contribution in [0.5, 0.6) is 11.5 Å². The number of benzene rings is 1. The molecule has 0 aromatic heterocycles. The zero-order chi connectivity index (χ0) is 13.5. The monoisotopic (exact) mass is 251 g/mol. The van der Waals surface area contributed by atoms with E-state index in [1.807, 2.05) is 18.7 Å². The Bertz CT molecular complexity index is 404. The Labute approximate surface area is 108 Å². The van der Waals surface area contributed by atoms with Gasteiger partial charge in [-0.2, -0.15) is 0 Å². The molecular formula is C14H21NO3. The van der Waals surface area contributed by atoms with Crippen LogP contribution in [0, 0.1) is 0 Å². The molecule has 0 fully saturated rings. The molecule has 0 radical (unpaired) electrons. The van der Waals surface area contributed by atoms with Gasteiger partial charge in [0.25, 0.3) is 0 Å². The van der Waals surface area contributed by atoms with Crippen molar-refractivity contribution in [3.05, 3.63) is 23.8 Å². The molecule has 0 saturated carbocycles. The van der Waals surface area contributed by atoms with E-state index in [1.165, 1.54) is 12.1 Å². The quantitative estimate of drug-likeness (QED) is 0.763. The maximum absolute atomic E-state index is 11.8. The summed E-state index contributed by atoms with van der Waals surface area (Å²) in [5.74, 6) is -0.0633. The van der Waals surface area contributed by atoms with Crippen LogP contribution in [0.4, 0.5) is 0 Å². The molecule has 0 aliphatic carbocycles. The molecule has 4 nitrogen and oxygen atoms in total. The number of carbonyl (C=O) groups excluding carboxylic acids is 1. The van der Waals surface area contributed by atoms with Gasteiger partial charge in [-0.15, -0.1) is 0 Å². The number of hydrogen-bond acceptors (Lipinski definition) is 3. The summed E-state index contributed by atoms with van der Waals surface area (Å²) in [6, 6.07) is 4.76. The molecular weight excluding hydrogens is 230 g/mol. The number of hydrogen-bond donors (Lipinski definition) is 2. The van der Waals surface area contributed by atoms with E-state index in [0.717, 1.165) is 12.0 Å². The molecule has 4 heteroatoms.